The van der Waals surface area contributed by atoms with E-state index in [1.54, 1.807) is 13.1 Å². The highest BCUT2D eigenvalue weighted by atomic mass is 19.1. The first kappa shape index (κ1) is 23.2. The summed E-state index contributed by atoms with van der Waals surface area (Å²) in [6.45, 7) is -0.103. The zero-order valence-corrected chi connectivity index (χ0v) is 18.6. The maximum Gasteiger partial charge on any atom is 0.405 e. The van der Waals surface area contributed by atoms with Crippen molar-refractivity contribution in [3.63, 3.8) is 0 Å². The van der Waals surface area contributed by atoms with Crippen LogP contribution in [0, 0.1) is 11.2 Å². The number of nitrogens with two attached hydrogens (primary N) is 1. The standard InChI is InChI=1S/C24H25FN4O5/c1-28-22(31)24(13-16-7-3-2-4-8-16)15-29(12-11-20(24)27-28)21(30)19(34-23(26)32)14-33-18-10-6-5-9-17(18)25/h2-10,19H,11-15H2,1H3,(H2,26,32)/t19?,24-/m1/s1. The van der Waals surface area contributed by atoms with Gasteiger partial charge in [0.25, 0.3) is 11.8 Å². The minimum absolute atomic E-state index is 0.0566. The average Bonchev–Trinajstić information content (AvgIpc) is 3.06. The fourth-order valence-corrected chi connectivity index (χ4v) is 4.44. The SMILES string of the molecule is CN1N=C2CCN(C(=O)C(COc3ccccc3F)OC(N)=O)C[C@@]2(Cc2ccccc2)C1=O. The molecule has 0 aliphatic carbocycles. The minimum Gasteiger partial charge on any atom is -0.486 e. The number of halogens is 1. The number of para-hydroxylation sites is 1. The molecule has 0 bridgehead atoms. The predicted molar refractivity (Wildman–Crippen MR) is 120 cm³/mol. The molecule has 2 heterocycles. The van der Waals surface area contributed by atoms with Crippen molar-refractivity contribution in [2.75, 3.05) is 26.7 Å². The van der Waals surface area contributed by atoms with E-state index < -0.39 is 35.9 Å². The van der Waals surface area contributed by atoms with Gasteiger partial charge < -0.3 is 20.1 Å². The van der Waals surface area contributed by atoms with Gasteiger partial charge in [0.15, 0.2) is 11.6 Å². The lowest BCUT2D eigenvalue weighted by molar-refractivity contribution is -0.146. The van der Waals surface area contributed by atoms with E-state index in [0.717, 1.165) is 5.56 Å². The van der Waals surface area contributed by atoms with Crippen LogP contribution in [0.5, 0.6) is 5.75 Å². The molecule has 0 aromatic heterocycles. The van der Waals surface area contributed by atoms with Gasteiger partial charge in [0.05, 0.1) is 5.71 Å². The van der Waals surface area contributed by atoms with E-state index >= 15 is 0 Å². The number of nitrogens with zero attached hydrogens (tertiary/aromatic N) is 3. The number of ether oxygens (including phenoxy) is 2. The van der Waals surface area contributed by atoms with Crippen molar-refractivity contribution in [1.29, 1.82) is 0 Å². The summed E-state index contributed by atoms with van der Waals surface area (Å²) in [4.78, 5) is 39.5. The Hall–Kier alpha value is -3.95. The predicted octanol–water partition coefficient (Wildman–Crippen LogP) is 1.96. The van der Waals surface area contributed by atoms with Crippen LogP contribution in [0.15, 0.2) is 59.7 Å². The van der Waals surface area contributed by atoms with Crippen LogP contribution in [-0.2, 0) is 20.7 Å². The van der Waals surface area contributed by atoms with Crippen molar-refractivity contribution in [2.24, 2.45) is 16.3 Å². The van der Waals surface area contributed by atoms with Gasteiger partial charge in [-0.05, 0) is 24.1 Å². The molecule has 178 valence electrons. The van der Waals surface area contributed by atoms with Gasteiger partial charge >= 0.3 is 6.09 Å². The second-order valence-electron chi connectivity index (χ2n) is 8.30. The number of amides is 3. The van der Waals surface area contributed by atoms with Crippen LogP contribution in [0.3, 0.4) is 0 Å². The minimum atomic E-state index is -1.40. The fraction of sp³-hybridized carbons (Fsp3) is 0.333. The topological polar surface area (TPSA) is 115 Å². The first-order valence-electron chi connectivity index (χ1n) is 10.8. The Morgan fingerprint density at radius 3 is 2.59 bits per heavy atom. The van der Waals surface area contributed by atoms with E-state index in [9.17, 15) is 18.8 Å². The Bertz CT molecular complexity index is 1130. The van der Waals surface area contributed by atoms with Gasteiger partial charge in [-0.25, -0.2) is 14.2 Å². The lowest BCUT2D eigenvalue weighted by atomic mass is 9.73. The number of hydrogen-bond acceptors (Lipinski definition) is 6. The highest BCUT2D eigenvalue weighted by molar-refractivity contribution is 6.13. The third kappa shape index (κ3) is 4.57. The largest absolute Gasteiger partial charge is 0.486 e. The maximum atomic E-state index is 13.9. The first-order chi connectivity index (χ1) is 16.3. The zero-order valence-electron chi connectivity index (χ0n) is 18.6. The van der Waals surface area contributed by atoms with Crippen LogP contribution < -0.4 is 10.5 Å². The number of rotatable bonds is 7. The molecule has 0 saturated carbocycles. The molecule has 2 atom stereocenters. The van der Waals surface area contributed by atoms with Crippen molar-refractivity contribution in [3.05, 3.63) is 66.0 Å². The second-order valence-corrected chi connectivity index (χ2v) is 8.30. The molecule has 4 rings (SSSR count). The molecule has 3 amide bonds. The summed E-state index contributed by atoms with van der Waals surface area (Å²) in [5, 5.41) is 5.73. The van der Waals surface area contributed by atoms with Crippen molar-refractivity contribution in [3.8, 4) is 5.75 Å². The van der Waals surface area contributed by atoms with Crippen molar-refractivity contribution < 1.29 is 28.2 Å². The van der Waals surface area contributed by atoms with Crippen LogP contribution in [0.25, 0.3) is 0 Å². The summed E-state index contributed by atoms with van der Waals surface area (Å²) in [6, 6.07) is 15.2. The molecule has 2 aromatic carbocycles. The van der Waals surface area contributed by atoms with Crippen molar-refractivity contribution in [1.82, 2.24) is 9.91 Å². The first-order valence-corrected chi connectivity index (χ1v) is 10.8. The summed E-state index contributed by atoms with van der Waals surface area (Å²) < 4.78 is 24.3. The van der Waals surface area contributed by atoms with E-state index in [4.69, 9.17) is 15.2 Å². The van der Waals surface area contributed by atoms with Gasteiger partial charge in [-0.1, -0.05) is 42.5 Å². The molecular formula is C24H25FN4O5. The van der Waals surface area contributed by atoms with Crippen LogP contribution in [0.2, 0.25) is 0 Å². The van der Waals surface area contributed by atoms with Gasteiger partial charge in [-0.2, -0.15) is 5.10 Å². The summed E-state index contributed by atoms with van der Waals surface area (Å²) in [6.07, 6.45) is -1.82. The Morgan fingerprint density at radius 1 is 1.18 bits per heavy atom. The van der Waals surface area contributed by atoms with Crippen LogP contribution in [-0.4, -0.2) is 66.4 Å². The van der Waals surface area contributed by atoms with E-state index in [0.29, 0.717) is 18.6 Å². The van der Waals surface area contributed by atoms with E-state index in [-0.39, 0.29) is 24.7 Å². The number of carbonyl (C=O) groups excluding carboxylic acids is 3. The van der Waals surface area contributed by atoms with Crippen molar-refractivity contribution in [2.45, 2.75) is 18.9 Å². The number of benzene rings is 2. The Morgan fingerprint density at radius 2 is 1.88 bits per heavy atom. The Balaban J connectivity index is 1.56. The van der Waals surface area contributed by atoms with Crippen LogP contribution in [0.1, 0.15) is 12.0 Å². The molecule has 0 radical (unpaired) electrons. The summed E-state index contributed by atoms with van der Waals surface area (Å²) >= 11 is 0. The molecule has 2 aromatic rings. The number of hydrazone groups is 1. The summed E-state index contributed by atoms with van der Waals surface area (Å²) in [5.74, 6) is -1.50. The number of piperidine rings is 1. The van der Waals surface area contributed by atoms with E-state index in [1.807, 2.05) is 30.3 Å². The number of primary amides is 1. The molecule has 2 aliphatic rings. The molecule has 9 nitrogen and oxygen atoms in total. The number of likely N-dealkylation sites (tertiary alicyclic amines) is 1. The molecular weight excluding hydrogens is 443 g/mol. The van der Waals surface area contributed by atoms with Gasteiger partial charge in [0, 0.05) is 26.6 Å². The van der Waals surface area contributed by atoms with Gasteiger partial charge in [0.2, 0.25) is 6.10 Å². The van der Waals surface area contributed by atoms with E-state index in [1.165, 1.54) is 28.1 Å². The van der Waals surface area contributed by atoms with E-state index in [2.05, 4.69) is 5.10 Å². The molecule has 34 heavy (non-hydrogen) atoms. The third-order valence-electron chi connectivity index (χ3n) is 6.03. The number of carbonyl (C=O) groups is 3. The zero-order chi connectivity index (χ0) is 24.3. The maximum absolute atomic E-state index is 13.9. The third-order valence-corrected chi connectivity index (χ3v) is 6.03. The van der Waals surface area contributed by atoms with Crippen LogP contribution >= 0.6 is 0 Å². The summed E-state index contributed by atoms with van der Waals surface area (Å²) in [5.41, 5.74) is 5.79. The molecule has 1 saturated heterocycles. The Labute approximate surface area is 195 Å². The molecule has 1 fully saturated rings. The summed E-state index contributed by atoms with van der Waals surface area (Å²) in [7, 11) is 1.59. The smallest absolute Gasteiger partial charge is 0.405 e. The van der Waals surface area contributed by atoms with Gasteiger partial charge in [0.1, 0.15) is 12.0 Å². The lowest BCUT2D eigenvalue weighted by Gasteiger charge is -2.40. The normalized spacial score (nSPS) is 20.4. The number of fused-ring (bicyclic) bond motifs is 1. The molecule has 0 spiro atoms. The lowest BCUT2D eigenvalue weighted by Crippen LogP contribution is -2.58. The monoisotopic (exact) mass is 468 g/mol. The molecule has 2 N–H and O–H groups in total. The van der Waals surface area contributed by atoms with Crippen molar-refractivity contribution >= 4 is 23.6 Å². The quantitative estimate of drug-likeness (QED) is 0.667. The van der Waals surface area contributed by atoms with Gasteiger partial charge in [-0.3, -0.25) is 9.59 Å². The molecule has 10 heteroatoms. The second kappa shape index (κ2) is 9.50. The highest BCUT2D eigenvalue weighted by Crippen LogP contribution is 2.38. The Kier molecular flexibility index (Phi) is 6.49. The van der Waals surface area contributed by atoms with Crippen LogP contribution in [0.4, 0.5) is 9.18 Å². The highest BCUT2D eigenvalue weighted by Gasteiger charge is 2.54. The number of hydrogen-bond donors (Lipinski definition) is 1. The van der Waals surface area contributed by atoms with Gasteiger partial charge in [-0.15, -0.1) is 0 Å². The average molecular weight is 468 g/mol. The fourth-order valence-electron chi connectivity index (χ4n) is 4.44. The molecule has 2 aliphatic heterocycles. The molecule has 1 unspecified atom stereocenters.